The van der Waals surface area contributed by atoms with E-state index in [1.165, 1.54) is 11.1 Å². The van der Waals surface area contributed by atoms with E-state index in [1.54, 1.807) is 12.7 Å². The number of anilines is 1. The fourth-order valence-corrected chi connectivity index (χ4v) is 3.24. The number of imidazole rings is 1. The SMILES string of the molecule is Cc1ccccc1C1CCN(c2ncnc3nc[nH]c23)C1. The highest BCUT2D eigenvalue weighted by atomic mass is 15.2. The monoisotopic (exact) mass is 279 g/mol. The number of aryl methyl sites for hydroxylation is 1. The van der Waals surface area contributed by atoms with E-state index in [0.717, 1.165) is 36.5 Å². The molecule has 0 radical (unpaired) electrons. The Bertz CT molecular complexity index is 779. The number of hydrogen-bond donors (Lipinski definition) is 1. The van der Waals surface area contributed by atoms with Crippen molar-refractivity contribution in [1.29, 1.82) is 0 Å². The highest BCUT2D eigenvalue weighted by Crippen LogP contribution is 2.33. The molecule has 0 amide bonds. The van der Waals surface area contributed by atoms with Gasteiger partial charge in [-0.25, -0.2) is 15.0 Å². The Morgan fingerprint density at radius 1 is 1.19 bits per heavy atom. The van der Waals surface area contributed by atoms with Crippen molar-refractivity contribution in [3.05, 3.63) is 48.0 Å². The molecule has 0 saturated carbocycles. The summed E-state index contributed by atoms with van der Waals surface area (Å²) in [4.78, 5) is 18.3. The molecule has 1 aliphatic heterocycles. The quantitative estimate of drug-likeness (QED) is 0.783. The minimum absolute atomic E-state index is 0.569. The van der Waals surface area contributed by atoms with Crippen molar-refractivity contribution in [3.8, 4) is 0 Å². The van der Waals surface area contributed by atoms with Crippen molar-refractivity contribution in [1.82, 2.24) is 19.9 Å². The molecule has 21 heavy (non-hydrogen) atoms. The summed E-state index contributed by atoms with van der Waals surface area (Å²) < 4.78 is 0. The summed E-state index contributed by atoms with van der Waals surface area (Å²) >= 11 is 0. The van der Waals surface area contributed by atoms with Gasteiger partial charge in [0.05, 0.1) is 6.33 Å². The molecule has 1 saturated heterocycles. The highest BCUT2D eigenvalue weighted by molar-refractivity contribution is 5.82. The fraction of sp³-hybridized carbons (Fsp3) is 0.312. The van der Waals surface area contributed by atoms with Crippen LogP contribution in [0.5, 0.6) is 0 Å². The second-order valence-electron chi connectivity index (χ2n) is 5.59. The summed E-state index contributed by atoms with van der Waals surface area (Å²) in [6, 6.07) is 8.66. The van der Waals surface area contributed by atoms with Crippen molar-refractivity contribution in [2.75, 3.05) is 18.0 Å². The Kier molecular flexibility index (Phi) is 2.84. The Morgan fingerprint density at radius 2 is 2.10 bits per heavy atom. The van der Waals surface area contributed by atoms with Crippen LogP contribution in [0.3, 0.4) is 0 Å². The molecule has 4 rings (SSSR count). The van der Waals surface area contributed by atoms with Crippen LogP contribution >= 0.6 is 0 Å². The maximum absolute atomic E-state index is 4.46. The predicted octanol–water partition coefficient (Wildman–Crippen LogP) is 2.66. The first-order valence-corrected chi connectivity index (χ1v) is 7.27. The number of H-pyrrole nitrogens is 1. The van der Waals surface area contributed by atoms with Gasteiger partial charge in [-0.05, 0) is 24.5 Å². The van der Waals surface area contributed by atoms with Crippen LogP contribution < -0.4 is 4.90 Å². The second kappa shape index (κ2) is 4.84. The van der Waals surface area contributed by atoms with Crippen molar-refractivity contribution in [2.45, 2.75) is 19.3 Å². The zero-order valence-electron chi connectivity index (χ0n) is 12.0. The Morgan fingerprint density at radius 3 is 3.00 bits per heavy atom. The molecule has 1 fully saturated rings. The molecule has 0 spiro atoms. The van der Waals surface area contributed by atoms with Gasteiger partial charge in [0.25, 0.3) is 0 Å². The van der Waals surface area contributed by atoms with Gasteiger partial charge in [0.2, 0.25) is 0 Å². The van der Waals surface area contributed by atoms with Crippen LogP contribution in [0, 0.1) is 6.92 Å². The third-order valence-electron chi connectivity index (χ3n) is 4.32. The number of aromatic nitrogens is 4. The Balaban J connectivity index is 1.65. The topological polar surface area (TPSA) is 57.7 Å². The molecule has 1 atom stereocenters. The Labute approximate surface area is 123 Å². The van der Waals surface area contributed by atoms with Crippen LogP contribution in [-0.2, 0) is 0 Å². The van der Waals surface area contributed by atoms with Crippen molar-refractivity contribution in [2.24, 2.45) is 0 Å². The third-order valence-corrected chi connectivity index (χ3v) is 4.32. The van der Waals surface area contributed by atoms with E-state index in [4.69, 9.17) is 0 Å². The van der Waals surface area contributed by atoms with Gasteiger partial charge in [0.1, 0.15) is 11.8 Å². The molecule has 0 bridgehead atoms. The first-order valence-electron chi connectivity index (χ1n) is 7.27. The predicted molar refractivity (Wildman–Crippen MR) is 82.4 cm³/mol. The summed E-state index contributed by atoms with van der Waals surface area (Å²) in [5.74, 6) is 1.53. The van der Waals surface area contributed by atoms with E-state index in [0.29, 0.717) is 5.92 Å². The molecule has 3 heterocycles. The van der Waals surface area contributed by atoms with Crippen LogP contribution in [0.2, 0.25) is 0 Å². The van der Waals surface area contributed by atoms with Gasteiger partial charge in [0.15, 0.2) is 11.5 Å². The molecule has 1 aliphatic rings. The van der Waals surface area contributed by atoms with Crippen molar-refractivity contribution in [3.63, 3.8) is 0 Å². The minimum atomic E-state index is 0.569. The van der Waals surface area contributed by atoms with Gasteiger partial charge in [-0.3, -0.25) is 0 Å². The minimum Gasteiger partial charge on any atom is -0.354 e. The van der Waals surface area contributed by atoms with Crippen LogP contribution in [0.25, 0.3) is 11.2 Å². The normalized spacial score (nSPS) is 18.5. The average molecular weight is 279 g/mol. The number of aromatic amines is 1. The zero-order valence-corrected chi connectivity index (χ0v) is 12.0. The lowest BCUT2D eigenvalue weighted by Crippen LogP contribution is -2.21. The van der Waals surface area contributed by atoms with E-state index in [9.17, 15) is 0 Å². The molecule has 1 aromatic carbocycles. The van der Waals surface area contributed by atoms with Gasteiger partial charge in [-0.1, -0.05) is 24.3 Å². The van der Waals surface area contributed by atoms with Gasteiger partial charge >= 0.3 is 0 Å². The number of nitrogens with one attached hydrogen (secondary N) is 1. The average Bonchev–Trinajstić information content (AvgIpc) is 3.16. The lowest BCUT2D eigenvalue weighted by Gasteiger charge is -2.18. The van der Waals surface area contributed by atoms with Gasteiger partial charge < -0.3 is 9.88 Å². The summed E-state index contributed by atoms with van der Waals surface area (Å²) in [6.07, 6.45) is 4.43. The van der Waals surface area contributed by atoms with Crippen LogP contribution in [0.4, 0.5) is 5.82 Å². The largest absolute Gasteiger partial charge is 0.354 e. The van der Waals surface area contributed by atoms with Gasteiger partial charge in [-0.15, -0.1) is 0 Å². The van der Waals surface area contributed by atoms with E-state index >= 15 is 0 Å². The van der Waals surface area contributed by atoms with E-state index in [-0.39, 0.29) is 0 Å². The fourth-order valence-electron chi connectivity index (χ4n) is 3.24. The van der Waals surface area contributed by atoms with E-state index < -0.39 is 0 Å². The number of rotatable bonds is 2. The maximum atomic E-state index is 4.46. The second-order valence-corrected chi connectivity index (χ2v) is 5.59. The molecule has 1 unspecified atom stereocenters. The molecule has 106 valence electrons. The number of benzene rings is 1. The standard InChI is InChI=1S/C16H17N5/c1-11-4-2-3-5-13(11)12-6-7-21(8-12)16-14-15(18-9-17-14)19-10-20-16/h2-5,9-10,12H,6-8H2,1H3,(H,17,18,19,20). The van der Waals surface area contributed by atoms with Gasteiger partial charge in [0, 0.05) is 19.0 Å². The van der Waals surface area contributed by atoms with E-state index in [2.05, 4.69) is 56.0 Å². The zero-order chi connectivity index (χ0) is 14.2. The first-order chi connectivity index (χ1) is 10.3. The molecule has 5 nitrogen and oxygen atoms in total. The molecule has 0 aliphatic carbocycles. The summed E-state index contributed by atoms with van der Waals surface area (Å²) in [5.41, 5.74) is 4.50. The summed E-state index contributed by atoms with van der Waals surface area (Å²) in [7, 11) is 0. The van der Waals surface area contributed by atoms with Crippen LogP contribution in [0.15, 0.2) is 36.9 Å². The van der Waals surface area contributed by atoms with Crippen molar-refractivity contribution >= 4 is 17.0 Å². The van der Waals surface area contributed by atoms with Crippen LogP contribution in [0.1, 0.15) is 23.5 Å². The van der Waals surface area contributed by atoms with E-state index in [1.807, 2.05) is 0 Å². The third kappa shape index (κ3) is 2.05. The number of nitrogens with zero attached hydrogens (tertiary/aromatic N) is 4. The smallest absolute Gasteiger partial charge is 0.182 e. The molecule has 1 N–H and O–H groups in total. The highest BCUT2D eigenvalue weighted by Gasteiger charge is 2.27. The van der Waals surface area contributed by atoms with Crippen molar-refractivity contribution < 1.29 is 0 Å². The molecule has 5 heteroatoms. The van der Waals surface area contributed by atoms with Crippen LogP contribution in [-0.4, -0.2) is 33.0 Å². The summed E-state index contributed by atoms with van der Waals surface area (Å²) in [5, 5.41) is 0. The first kappa shape index (κ1) is 12.3. The molecular formula is C16H17N5. The molecule has 3 aromatic rings. The molecule has 2 aromatic heterocycles. The molecular weight excluding hydrogens is 262 g/mol. The Hall–Kier alpha value is -2.43. The number of hydrogen-bond acceptors (Lipinski definition) is 4. The lowest BCUT2D eigenvalue weighted by atomic mass is 9.94. The maximum Gasteiger partial charge on any atom is 0.182 e. The van der Waals surface area contributed by atoms with Gasteiger partial charge in [-0.2, -0.15) is 0 Å². The summed E-state index contributed by atoms with van der Waals surface area (Å²) in [6.45, 7) is 4.20. The lowest BCUT2D eigenvalue weighted by molar-refractivity contribution is 0.768. The number of fused-ring (bicyclic) bond motifs is 1.